The molecule has 0 aliphatic carbocycles. The average molecular weight is 438 g/mol. The molecule has 31 heavy (non-hydrogen) atoms. The molecule has 0 bridgehead atoms. The number of aromatic nitrogens is 2. The highest BCUT2D eigenvalue weighted by atomic mass is 35.5. The molecule has 1 aromatic heterocycles. The molecule has 1 spiro atoms. The fourth-order valence-electron chi connectivity index (χ4n) is 5.47. The summed E-state index contributed by atoms with van der Waals surface area (Å²) in [6.45, 7) is 14.3. The van der Waals surface area contributed by atoms with Crippen molar-refractivity contribution in [1.29, 1.82) is 0 Å². The van der Waals surface area contributed by atoms with Gasteiger partial charge in [0.2, 0.25) is 5.95 Å². The van der Waals surface area contributed by atoms with Crippen molar-refractivity contribution < 1.29 is 0 Å². The van der Waals surface area contributed by atoms with Gasteiger partial charge >= 0.3 is 0 Å². The smallest absolute Gasteiger partial charge is 0.225 e. The molecule has 0 amide bonds. The second-order valence-electron chi connectivity index (χ2n) is 10.2. The number of piperidine rings is 1. The number of rotatable bonds is 5. The van der Waals surface area contributed by atoms with E-state index in [2.05, 4.69) is 57.6 Å². The van der Waals surface area contributed by atoms with Gasteiger partial charge in [-0.05, 0) is 80.1 Å². The lowest BCUT2D eigenvalue weighted by molar-refractivity contribution is 0.179. The predicted molar refractivity (Wildman–Crippen MR) is 128 cm³/mol. The number of halogens is 1. The van der Waals surface area contributed by atoms with Crippen LogP contribution in [0, 0.1) is 5.41 Å². The van der Waals surface area contributed by atoms with Crippen LogP contribution in [0.15, 0.2) is 42.9 Å². The summed E-state index contributed by atoms with van der Waals surface area (Å²) in [4.78, 5) is 14.0. The normalized spacial score (nSPS) is 21.6. The van der Waals surface area contributed by atoms with Crippen molar-refractivity contribution in [2.24, 2.45) is 5.41 Å². The number of hydrogen-bond donors (Lipinski definition) is 1. The second-order valence-corrected chi connectivity index (χ2v) is 10.7. The number of nitrogens with zero attached hydrogens (tertiary/aromatic N) is 4. The molecule has 0 unspecified atom stereocenters. The Morgan fingerprint density at radius 1 is 1.13 bits per heavy atom. The molecular weight excluding hydrogens is 406 g/mol. The number of nitrogens with one attached hydrogen (secondary N) is 1. The molecule has 6 heteroatoms. The third-order valence-corrected chi connectivity index (χ3v) is 7.46. The predicted octanol–water partition coefficient (Wildman–Crippen LogP) is 4.88. The van der Waals surface area contributed by atoms with Crippen LogP contribution in [0.25, 0.3) is 0 Å². The molecule has 0 saturated carbocycles. The van der Waals surface area contributed by atoms with Crippen molar-refractivity contribution >= 4 is 23.2 Å². The van der Waals surface area contributed by atoms with Gasteiger partial charge < -0.3 is 15.1 Å². The Morgan fingerprint density at radius 2 is 1.84 bits per heavy atom. The van der Waals surface area contributed by atoms with Crippen LogP contribution in [0.2, 0.25) is 5.02 Å². The number of benzene rings is 1. The van der Waals surface area contributed by atoms with E-state index in [1.807, 2.05) is 18.5 Å². The number of allylic oxidation sites excluding steroid dienone is 1. The Bertz CT molecular complexity index is 968. The van der Waals surface area contributed by atoms with Gasteiger partial charge in [0.05, 0.1) is 0 Å². The fourth-order valence-corrected chi connectivity index (χ4v) is 5.64. The van der Waals surface area contributed by atoms with Gasteiger partial charge in [0.15, 0.2) is 0 Å². The van der Waals surface area contributed by atoms with Gasteiger partial charge in [-0.3, -0.25) is 0 Å². The Morgan fingerprint density at radius 3 is 2.52 bits per heavy atom. The molecular formula is C25H32ClN5. The summed E-state index contributed by atoms with van der Waals surface area (Å²) in [7, 11) is 0. The van der Waals surface area contributed by atoms with Gasteiger partial charge in [0.25, 0.3) is 0 Å². The molecule has 5 nitrogen and oxygen atoms in total. The third-order valence-electron chi connectivity index (χ3n) is 7.22. The Labute approximate surface area is 190 Å². The first-order valence-corrected chi connectivity index (χ1v) is 11.8. The molecule has 3 aliphatic heterocycles. The van der Waals surface area contributed by atoms with Gasteiger partial charge in [-0.15, -0.1) is 0 Å². The van der Waals surface area contributed by atoms with Gasteiger partial charge in [-0.1, -0.05) is 32.0 Å². The SMILES string of the molecule is C=C1Nc2ccc(Cl)cc2C12CCN(CCCc1cnc(N3CC(C)(C)C3)nc1)CC2. The highest BCUT2D eigenvalue weighted by Gasteiger charge is 2.44. The van der Waals surface area contributed by atoms with E-state index >= 15 is 0 Å². The summed E-state index contributed by atoms with van der Waals surface area (Å²) in [5.41, 5.74) is 5.29. The summed E-state index contributed by atoms with van der Waals surface area (Å²) in [6, 6.07) is 6.16. The van der Waals surface area contributed by atoms with E-state index in [9.17, 15) is 0 Å². The van der Waals surface area contributed by atoms with E-state index in [1.165, 1.54) is 16.8 Å². The van der Waals surface area contributed by atoms with E-state index in [0.29, 0.717) is 5.41 Å². The van der Waals surface area contributed by atoms with Gasteiger partial charge in [0.1, 0.15) is 0 Å². The zero-order valence-corrected chi connectivity index (χ0v) is 19.4. The van der Waals surface area contributed by atoms with Crippen LogP contribution in [0.5, 0.6) is 0 Å². The number of fused-ring (bicyclic) bond motifs is 2. The molecule has 3 aliphatic rings. The van der Waals surface area contributed by atoms with Crippen LogP contribution < -0.4 is 10.2 Å². The summed E-state index contributed by atoms with van der Waals surface area (Å²) >= 11 is 6.30. The van der Waals surface area contributed by atoms with Crippen molar-refractivity contribution in [3.05, 3.63) is 59.0 Å². The van der Waals surface area contributed by atoms with Crippen LogP contribution in [0.3, 0.4) is 0 Å². The maximum atomic E-state index is 6.30. The largest absolute Gasteiger partial charge is 0.358 e. The lowest BCUT2D eigenvalue weighted by Gasteiger charge is -2.45. The third kappa shape index (κ3) is 3.94. The summed E-state index contributed by atoms with van der Waals surface area (Å²) in [5, 5.41) is 4.31. The van der Waals surface area contributed by atoms with E-state index in [0.717, 1.165) is 75.1 Å². The van der Waals surface area contributed by atoms with Crippen molar-refractivity contribution in [2.45, 2.75) is 44.9 Å². The molecule has 1 N–H and O–H groups in total. The molecule has 2 fully saturated rings. The number of anilines is 2. The average Bonchev–Trinajstić information content (AvgIpc) is 2.99. The topological polar surface area (TPSA) is 44.3 Å². The van der Waals surface area contributed by atoms with Crippen molar-refractivity contribution in [3.63, 3.8) is 0 Å². The minimum Gasteiger partial charge on any atom is -0.358 e. The van der Waals surface area contributed by atoms with Crippen molar-refractivity contribution in [3.8, 4) is 0 Å². The van der Waals surface area contributed by atoms with Crippen LogP contribution >= 0.6 is 11.6 Å². The first kappa shape index (κ1) is 20.8. The number of likely N-dealkylation sites (tertiary alicyclic amines) is 1. The van der Waals surface area contributed by atoms with Gasteiger partial charge in [-0.2, -0.15) is 0 Å². The summed E-state index contributed by atoms with van der Waals surface area (Å²) in [5.74, 6) is 0.871. The lowest BCUT2D eigenvalue weighted by atomic mass is 9.72. The Hall–Kier alpha value is -2.11. The molecule has 0 radical (unpaired) electrons. The van der Waals surface area contributed by atoms with E-state index in [1.54, 1.807) is 0 Å². The molecule has 2 saturated heterocycles. The fraction of sp³-hybridized carbons (Fsp3) is 0.520. The quantitative estimate of drug-likeness (QED) is 0.722. The molecule has 2 aromatic rings. The summed E-state index contributed by atoms with van der Waals surface area (Å²) < 4.78 is 0. The highest BCUT2D eigenvalue weighted by Crippen LogP contribution is 2.50. The van der Waals surface area contributed by atoms with Crippen molar-refractivity contribution in [2.75, 3.05) is 42.9 Å². The molecule has 0 atom stereocenters. The number of aryl methyl sites for hydroxylation is 1. The molecule has 4 heterocycles. The van der Waals surface area contributed by atoms with E-state index in [-0.39, 0.29) is 5.41 Å². The minimum atomic E-state index is 0.0336. The van der Waals surface area contributed by atoms with Gasteiger partial charge in [-0.25, -0.2) is 9.97 Å². The number of hydrogen-bond acceptors (Lipinski definition) is 5. The Kier molecular flexibility index (Phi) is 5.22. The molecule has 1 aromatic carbocycles. The van der Waals surface area contributed by atoms with Crippen LogP contribution in [0.4, 0.5) is 11.6 Å². The maximum absolute atomic E-state index is 6.30. The summed E-state index contributed by atoms with van der Waals surface area (Å²) in [6.07, 6.45) is 8.36. The van der Waals surface area contributed by atoms with Gasteiger partial charge in [0, 0.05) is 47.3 Å². The maximum Gasteiger partial charge on any atom is 0.225 e. The zero-order chi connectivity index (χ0) is 21.6. The first-order valence-electron chi connectivity index (χ1n) is 11.4. The van der Waals surface area contributed by atoms with E-state index in [4.69, 9.17) is 11.6 Å². The first-order chi connectivity index (χ1) is 14.8. The monoisotopic (exact) mass is 437 g/mol. The molecule has 5 rings (SSSR count). The van der Waals surface area contributed by atoms with Crippen LogP contribution in [-0.4, -0.2) is 47.6 Å². The van der Waals surface area contributed by atoms with Crippen LogP contribution in [-0.2, 0) is 11.8 Å². The lowest BCUT2D eigenvalue weighted by Crippen LogP contribution is -2.53. The molecule has 164 valence electrons. The standard InChI is InChI=1S/C25H32ClN5/c1-18-25(21-13-20(26)6-7-22(21)29-18)8-11-30(12-9-25)10-4-5-19-14-27-23(28-15-19)31-16-24(2,3)17-31/h6-7,13-15,29H,1,4-5,8-12,16-17H2,2-3H3. The Balaban J connectivity index is 1.11. The van der Waals surface area contributed by atoms with Crippen molar-refractivity contribution in [1.82, 2.24) is 14.9 Å². The second kappa shape index (κ2) is 7.79. The highest BCUT2D eigenvalue weighted by molar-refractivity contribution is 6.30. The minimum absolute atomic E-state index is 0.0336. The van der Waals surface area contributed by atoms with E-state index < -0.39 is 0 Å². The zero-order valence-electron chi connectivity index (χ0n) is 18.6. The van der Waals surface area contributed by atoms with Crippen LogP contribution in [0.1, 0.15) is 44.2 Å².